The summed E-state index contributed by atoms with van der Waals surface area (Å²) in [6, 6.07) is 6.48. The van der Waals surface area contributed by atoms with Crippen LogP contribution in [0.4, 0.5) is 0 Å². The fourth-order valence-electron chi connectivity index (χ4n) is 2.83. The predicted molar refractivity (Wildman–Crippen MR) is 89.0 cm³/mol. The molecule has 1 aliphatic heterocycles. The van der Waals surface area contributed by atoms with Crippen molar-refractivity contribution < 1.29 is 24.2 Å². The molecule has 3 unspecified atom stereocenters. The molecule has 0 radical (unpaired) electrons. The van der Waals surface area contributed by atoms with Crippen molar-refractivity contribution in [3.63, 3.8) is 0 Å². The normalized spacial score (nSPS) is 20.0. The van der Waals surface area contributed by atoms with Crippen LogP contribution in [-0.2, 0) is 14.3 Å². The lowest BCUT2D eigenvalue weighted by molar-refractivity contribution is -0.146. The topological polar surface area (TPSA) is 84.9 Å². The Bertz CT molecular complexity index is 568. The lowest BCUT2D eigenvalue weighted by Gasteiger charge is -2.29. The first kappa shape index (κ1) is 18.3. The van der Waals surface area contributed by atoms with E-state index in [1.807, 2.05) is 32.0 Å². The number of hydrogen-bond donors (Lipinski definition) is 2. The van der Waals surface area contributed by atoms with Gasteiger partial charge in [-0.25, -0.2) is 4.79 Å². The number of carbonyl (C=O) groups excluding carboxylic acids is 1. The summed E-state index contributed by atoms with van der Waals surface area (Å²) in [4.78, 5) is 24.0. The number of carboxylic acid groups (broad SMARTS) is 1. The summed E-state index contributed by atoms with van der Waals surface area (Å²) in [6.07, 6.45) is 1.26. The van der Waals surface area contributed by atoms with Gasteiger partial charge in [0.2, 0.25) is 0 Å². The molecule has 0 bridgehead atoms. The molecule has 24 heavy (non-hydrogen) atoms. The second kappa shape index (κ2) is 8.68. The van der Waals surface area contributed by atoms with E-state index in [4.69, 9.17) is 9.47 Å². The van der Waals surface area contributed by atoms with Crippen LogP contribution < -0.4 is 10.1 Å². The quantitative estimate of drug-likeness (QED) is 0.797. The highest BCUT2D eigenvalue weighted by atomic mass is 16.5. The van der Waals surface area contributed by atoms with Crippen LogP contribution in [0.1, 0.15) is 31.7 Å². The lowest BCUT2D eigenvalue weighted by Crippen LogP contribution is -2.52. The predicted octanol–water partition coefficient (Wildman–Crippen LogP) is 2.15. The number of benzene rings is 1. The van der Waals surface area contributed by atoms with E-state index in [9.17, 15) is 14.7 Å². The largest absolute Gasteiger partial charge is 0.481 e. The van der Waals surface area contributed by atoms with Crippen LogP contribution in [0.25, 0.3) is 0 Å². The van der Waals surface area contributed by atoms with Gasteiger partial charge >= 0.3 is 5.97 Å². The van der Waals surface area contributed by atoms with Crippen LogP contribution in [0, 0.1) is 12.8 Å². The molecular formula is C18H25NO5. The van der Waals surface area contributed by atoms with Gasteiger partial charge in [0.1, 0.15) is 11.8 Å². The maximum absolute atomic E-state index is 12.5. The minimum absolute atomic E-state index is 0.211. The van der Waals surface area contributed by atoms with Crippen molar-refractivity contribution >= 4 is 11.9 Å². The van der Waals surface area contributed by atoms with Crippen molar-refractivity contribution in [2.75, 3.05) is 13.2 Å². The number of ether oxygens (including phenoxy) is 2. The molecule has 1 amide bonds. The van der Waals surface area contributed by atoms with Gasteiger partial charge in [-0.1, -0.05) is 19.1 Å². The Morgan fingerprint density at radius 3 is 2.83 bits per heavy atom. The first-order valence-electron chi connectivity index (χ1n) is 8.35. The molecule has 2 rings (SSSR count). The zero-order valence-corrected chi connectivity index (χ0v) is 14.2. The number of amides is 1. The Hall–Kier alpha value is -2.08. The van der Waals surface area contributed by atoms with Gasteiger partial charge in [-0.2, -0.15) is 0 Å². The van der Waals surface area contributed by atoms with E-state index in [0.29, 0.717) is 25.4 Å². The van der Waals surface area contributed by atoms with Crippen LogP contribution in [0.15, 0.2) is 24.3 Å². The Balaban J connectivity index is 2.02. The number of aryl methyl sites for hydroxylation is 1. The van der Waals surface area contributed by atoms with E-state index >= 15 is 0 Å². The molecule has 0 saturated carbocycles. The number of rotatable bonds is 7. The first-order chi connectivity index (χ1) is 11.5. The molecule has 132 valence electrons. The minimum Gasteiger partial charge on any atom is -0.481 e. The van der Waals surface area contributed by atoms with E-state index in [-0.39, 0.29) is 5.92 Å². The third kappa shape index (κ3) is 4.96. The standard InChI is InChI=1S/C18H25NO5/c1-3-15(24-14-8-4-6-12(2)10-14)17(20)19-16(18(21)22)13-7-5-9-23-11-13/h4,6,8,10,13,15-16H,3,5,7,9,11H2,1-2H3,(H,19,20)(H,21,22). The van der Waals surface area contributed by atoms with Gasteiger partial charge in [-0.3, -0.25) is 4.79 Å². The van der Waals surface area contributed by atoms with Crippen LogP contribution in [0.3, 0.4) is 0 Å². The van der Waals surface area contributed by atoms with Gasteiger partial charge in [0.05, 0.1) is 6.61 Å². The molecule has 0 aliphatic carbocycles. The summed E-state index contributed by atoms with van der Waals surface area (Å²) < 4.78 is 11.1. The third-order valence-electron chi connectivity index (χ3n) is 4.16. The molecule has 1 fully saturated rings. The van der Waals surface area contributed by atoms with Gasteiger partial charge < -0.3 is 19.9 Å². The van der Waals surface area contributed by atoms with E-state index in [2.05, 4.69) is 5.32 Å². The first-order valence-corrected chi connectivity index (χ1v) is 8.35. The highest BCUT2D eigenvalue weighted by Gasteiger charge is 2.33. The second-order valence-electron chi connectivity index (χ2n) is 6.13. The maximum atomic E-state index is 12.5. The zero-order chi connectivity index (χ0) is 17.5. The van der Waals surface area contributed by atoms with Crippen molar-refractivity contribution in [3.8, 4) is 5.75 Å². The Labute approximate surface area is 142 Å². The molecule has 3 atom stereocenters. The highest BCUT2D eigenvalue weighted by molar-refractivity contribution is 5.86. The van der Waals surface area contributed by atoms with Crippen molar-refractivity contribution in [1.29, 1.82) is 0 Å². The molecule has 1 aromatic rings. The van der Waals surface area contributed by atoms with Crippen molar-refractivity contribution in [1.82, 2.24) is 5.32 Å². The summed E-state index contributed by atoms with van der Waals surface area (Å²) >= 11 is 0. The van der Waals surface area contributed by atoms with E-state index in [1.54, 1.807) is 6.07 Å². The fraction of sp³-hybridized carbons (Fsp3) is 0.556. The number of carbonyl (C=O) groups is 2. The molecule has 0 aromatic heterocycles. The summed E-state index contributed by atoms with van der Waals surface area (Å²) in [7, 11) is 0. The van der Waals surface area contributed by atoms with E-state index < -0.39 is 24.0 Å². The smallest absolute Gasteiger partial charge is 0.326 e. The van der Waals surface area contributed by atoms with Crippen LogP contribution in [0.5, 0.6) is 5.75 Å². The number of carboxylic acids is 1. The van der Waals surface area contributed by atoms with Gasteiger partial charge in [-0.15, -0.1) is 0 Å². The van der Waals surface area contributed by atoms with Crippen molar-refractivity contribution in [2.45, 2.75) is 45.3 Å². The number of hydrogen-bond acceptors (Lipinski definition) is 4. The van der Waals surface area contributed by atoms with Gasteiger partial charge in [0, 0.05) is 12.5 Å². The average Bonchev–Trinajstić information content (AvgIpc) is 2.58. The number of aliphatic carboxylic acids is 1. The lowest BCUT2D eigenvalue weighted by atomic mass is 9.93. The van der Waals surface area contributed by atoms with Crippen molar-refractivity contribution in [3.05, 3.63) is 29.8 Å². The Kier molecular flexibility index (Phi) is 6.61. The average molecular weight is 335 g/mol. The molecule has 2 N–H and O–H groups in total. The monoisotopic (exact) mass is 335 g/mol. The molecule has 1 saturated heterocycles. The molecule has 6 heteroatoms. The van der Waals surface area contributed by atoms with Gasteiger partial charge in [0.15, 0.2) is 6.10 Å². The molecule has 1 heterocycles. The van der Waals surface area contributed by atoms with E-state index in [0.717, 1.165) is 18.4 Å². The number of nitrogens with one attached hydrogen (secondary N) is 1. The highest BCUT2D eigenvalue weighted by Crippen LogP contribution is 2.19. The SMILES string of the molecule is CCC(Oc1cccc(C)c1)C(=O)NC(C(=O)O)C1CCCOC1. The molecule has 6 nitrogen and oxygen atoms in total. The summed E-state index contributed by atoms with van der Waals surface area (Å²) in [6.45, 7) is 4.77. The minimum atomic E-state index is -1.04. The van der Waals surface area contributed by atoms with Crippen molar-refractivity contribution in [2.24, 2.45) is 5.92 Å². The Morgan fingerprint density at radius 1 is 1.46 bits per heavy atom. The third-order valence-corrected chi connectivity index (χ3v) is 4.16. The second-order valence-corrected chi connectivity index (χ2v) is 6.13. The molecule has 1 aromatic carbocycles. The van der Waals surface area contributed by atoms with Crippen LogP contribution >= 0.6 is 0 Å². The van der Waals surface area contributed by atoms with Gasteiger partial charge in [-0.05, 0) is 43.9 Å². The fourth-order valence-corrected chi connectivity index (χ4v) is 2.83. The van der Waals surface area contributed by atoms with Crippen LogP contribution in [0.2, 0.25) is 0 Å². The molecule has 1 aliphatic rings. The summed E-state index contributed by atoms with van der Waals surface area (Å²) in [5.41, 5.74) is 1.03. The Morgan fingerprint density at radius 2 is 2.25 bits per heavy atom. The maximum Gasteiger partial charge on any atom is 0.326 e. The van der Waals surface area contributed by atoms with E-state index in [1.165, 1.54) is 0 Å². The summed E-state index contributed by atoms with van der Waals surface area (Å²) in [5, 5.41) is 12.1. The van der Waals surface area contributed by atoms with Crippen LogP contribution in [-0.4, -0.2) is 42.3 Å². The van der Waals surface area contributed by atoms with Gasteiger partial charge in [0.25, 0.3) is 5.91 Å². The molecule has 0 spiro atoms. The summed E-state index contributed by atoms with van der Waals surface area (Å²) in [5.74, 6) is -1.05. The zero-order valence-electron chi connectivity index (χ0n) is 14.2. The molecular weight excluding hydrogens is 310 g/mol.